The largest absolute Gasteiger partial charge is 0.312 e. The molecule has 0 atom stereocenters. The third kappa shape index (κ3) is 3.06. The van der Waals surface area contributed by atoms with E-state index in [0.717, 1.165) is 63.3 Å². The molecule has 1 aromatic heterocycles. The van der Waals surface area contributed by atoms with E-state index in [9.17, 15) is 8.78 Å². The maximum absolute atomic E-state index is 13.8. The van der Waals surface area contributed by atoms with E-state index in [1.165, 1.54) is 6.07 Å². The predicted molar refractivity (Wildman–Crippen MR) is 85.3 cm³/mol. The van der Waals surface area contributed by atoms with Gasteiger partial charge in [-0.3, -0.25) is 4.90 Å². The van der Waals surface area contributed by atoms with Crippen molar-refractivity contribution in [3.05, 3.63) is 47.0 Å². The summed E-state index contributed by atoms with van der Waals surface area (Å²) in [6, 6.07) is 3.82. The number of aromatic nitrogens is 3. The number of piperidine rings is 1. The summed E-state index contributed by atoms with van der Waals surface area (Å²) in [7, 11) is 0. The molecule has 2 aliphatic heterocycles. The minimum atomic E-state index is -0.527. The average Bonchev–Trinajstić information content (AvgIpc) is 3.02. The van der Waals surface area contributed by atoms with Crippen molar-refractivity contribution in [3.8, 4) is 0 Å². The standard InChI is InChI=1S/C17H21F2N5/c18-14-2-1-13(15(19)9-14)11-23-6-3-12(4-7-23)17-22-21-16-10-20-5-8-24(16)17/h1-2,9,12,20H,3-8,10-11H2. The molecule has 2 aliphatic rings. The van der Waals surface area contributed by atoms with Gasteiger partial charge in [0.05, 0.1) is 6.54 Å². The highest BCUT2D eigenvalue weighted by Crippen LogP contribution is 2.28. The fraction of sp³-hybridized carbons (Fsp3) is 0.529. The van der Waals surface area contributed by atoms with Crippen molar-refractivity contribution in [3.63, 3.8) is 0 Å². The van der Waals surface area contributed by atoms with Crippen molar-refractivity contribution in [2.45, 2.75) is 38.4 Å². The Morgan fingerprint density at radius 3 is 2.75 bits per heavy atom. The molecule has 128 valence electrons. The third-order valence-corrected chi connectivity index (χ3v) is 5.01. The van der Waals surface area contributed by atoms with Gasteiger partial charge in [-0.05, 0) is 32.0 Å². The van der Waals surface area contributed by atoms with Gasteiger partial charge in [0, 0.05) is 37.2 Å². The number of fused-ring (bicyclic) bond motifs is 1. The van der Waals surface area contributed by atoms with Crippen LogP contribution in [0, 0.1) is 11.6 Å². The van der Waals surface area contributed by atoms with E-state index >= 15 is 0 Å². The van der Waals surface area contributed by atoms with Gasteiger partial charge in [0.1, 0.15) is 23.3 Å². The lowest BCUT2D eigenvalue weighted by atomic mass is 9.95. The molecule has 0 aliphatic carbocycles. The van der Waals surface area contributed by atoms with Crippen molar-refractivity contribution in [2.24, 2.45) is 0 Å². The quantitative estimate of drug-likeness (QED) is 0.934. The van der Waals surface area contributed by atoms with Gasteiger partial charge in [0.25, 0.3) is 0 Å². The van der Waals surface area contributed by atoms with E-state index in [2.05, 4.69) is 25.0 Å². The van der Waals surface area contributed by atoms with Crippen LogP contribution in [0.1, 0.15) is 36.0 Å². The van der Waals surface area contributed by atoms with Crippen LogP contribution in [0.15, 0.2) is 18.2 Å². The second-order valence-corrected chi connectivity index (χ2v) is 6.59. The van der Waals surface area contributed by atoms with Crippen molar-refractivity contribution in [2.75, 3.05) is 19.6 Å². The van der Waals surface area contributed by atoms with Crippen LogP contribution in [0.4, 0.5) is 8.78 Å². The summed E-state index contributed by atoms with van der Waals surface area (Å²) in [5.74, 6) is 1.54. The van der Waals surface area contributed by atoms with E-state index in [1.807, 2.05) is 0 Å². The number of nitrogens with one attached hydrogen (secondary N) is 1. The van der Waals surface area contributed by atoms with Crippen molar-refractivity contribution >= 4 is 0 Å². The normalized spacial score (nSPS) is 19.4. The second kappa shape index (κ2) is 6.57. The molecule has 1 N–H and O–H groups in total. The van der Waals surface area contributed by atoms with Gasteiger partial charge in [-0.1, -0.05) is 6.07 Å². The maximum atomic E-state index is 13.8. The van der Waals surface area contributed by atoms with Crippen molar-refractivity contribution in [1.29, 1.82) is 0 Å². The first kappa shape index (κ1) is 15.7. The van der Waals surface area contributed by atoms with Crippen LogP contribution < -0.4 is 5.32 Å². The summed E-state index contributed by atoms with van der Waals surface area (Å²) < 4.78 is 29.0. The summed E-state index contributed by atoms with van der Waals surface area (Å²) in [5.41, 5.74) is 0.556. The lowest BCUT2D eigenvalue weighted by molar-refractivity contribution is 0.197. The lowest BCUT2D eigenvalue weighted by Crippen LogP contribution is -2.35. The molecule has 1 saturated heterocycles. The Balaban J connectivity index is 1.39. The van der Waals surface area contributed by atoms with Gasteiger partial charge < -0.3 is 9.88 Å². The highest BCUT2D eigenvalue weighted by molar-refractivity contribution is 5.18. The van der Waals surface area contributed by atoms with E-state index in [4.69, 9.17) is 0 Å². The Kier molecular flexibility index (Phi) is 4.28. The first-order chi connectivity index (χ1) is 11.7. The number of nitrogens with zero attached hydrogens (tertiary/aromatic N) is 4. The molecule has 0 amide bonds. The molecule has 0 bridgehead atoms. The zero-order valence-corrected chi connectivity index (χ0v) is 13.5. The van der Waals surface area contributed by atoms with Gasteiger partial charge in [-0.15, -0.1) is 10.2 Å². The Morgan fingerprint density at radius 2 is 1.96 bits per heavy atom. The fourth-order valence-electron chi connectivity index (χ4n) is 3.66. The summed E-state index contributed by atoms with van der Waals surface area (Å²) in [4.78, 5) is 2.22. The van der Waals surface area contributed by atoms with Gasteiger partial charge in [0.2, 0.25) is 0 Å². The summed E-state index contributed by atoms with van der Waals surface area (Å²) in [6.45, 7) is 4.99. The van der Waals surface area contributed by atoms with Crippen LogP contribution >= 0.6 is 0 Å². The number of hydrogen-bond acceptors (Lipinski definition) is 4. The first-order valence-electron chi connectivity index (χ1n) is 8.49. The topological polar surface area (TPSA) is 46.0 Å². The molecule has 0 radical (unpaired) electrons. The van der Waals surface area contributed by atoms with Gasteiger partial charge >= 0.3 is 0 Å². The molecule has 0 spiro atoms. The van der Waals surface area contributed by atoms with Gasteiger partial charge in [0.15, 0.2) is 0 Å². The molecule has 2 aromatic rings. The Bertz CT molecular complexity index is 722. The molecule has 7 heteroatoms. The lowest BCUT2D eigenvalue weighted by Gasteiger charge is -2.32. The Morgan fingerprint density at radius 1 is 1.12 bits per heavy atom. The number of benzene rings is 1. The molecule has 3 heterocycles. The van der Waals surface area contributed by atoms with Gasteiger partial charge in [-0.25, -0.2) is 8.78 Å². The van der Waals surface area contributed by atoms with Crippen LogP contribution in [0.3, 0.4) is 0 Å². The third-order valence-electron chi connectivity index (χ3n) is 5.01. The summed E-state index contributed by atoms with van der Waals surface area (Å²) in [6.07, 6.45) is 1.99. The average molecular weight is 333 g/mol. The monoisotopic (exact) mass is 333 g/mol. The van der Waals surface area contributed by atoms with Crippen molar-refractivity contribution < 1.29 is 8.78 Å². The number of hydrogen-bond donors (Lipinski definition) is 1. The van der Waals surface area contributed by atoms with E-state index in [0.29, 0.717) is 18.0 Å². The highest BCUT2D eigenvalue weighted by Gasteiger charge is 2.27. The van der Waals surface area contributed by atoms with Crippen molar-refractivity contribution in [1.82, 2.24) is 25.0 Å². The Hall–Kier alpha value is -1.86. The minimum absolute atomic E-state index is 0.415. The zero-order chi connectivity index (χ0) is 16.5. The highest BCUT2D eigenvalue weighted by atomic mass is 19.1. The van der Waals surface area contributed by atoms with Crippen LogP contribution in [0.5, 0.6) is 0 Å². The summed E-state index contributed by atoms with van der Waals surface area (Å²) in [5, 5.41) is 12.0. The molecule has 1 aromatic carbocycles. The molecule has 24 heavy (non-hydrogen) atoms. The first-order valence-corrected chi connectivity index (χ1v) is 8.49. The van der Waals surface area contributed by atoms with Gasteiger partial charge in [-0.2, -0.15) is 0 Å². The van der Waals surface area contributed by atoms with Crippen LogP contribution in [0.2, 0.25) is 0 Å². The van der Waals surface area contributed by atoms with E-state index in [1.54, 1.807) is 6.07 Å². The minimum Gasteiger partial charge on any atom is -0.312 e. The molecule has 0 saturated carbocycles. The predicted octanol–water partition coefficient (Wildman–Crippen LogP) is 2.04. The SMILES string of the molecule is Fc1ccc(CN2CCC(c3nnc4n3CCNC4)CC2)c(F)c1. The molecule has 0 unspecified atom stereocenters. The smallest absolute Gasteiger partial charge is 0.147 e. The molecule has 4 rings (SSSR count). The molecule has 1 fully saturated rings. The molecule has 5 nitrogen and oxygen atoms in total. The van der Waals surface area contributed by atoms with E-state index in [-0.39, 0.29) is 0 Å². The number of likely N-dealkylation sites (tertiary alicyclic amines) is 1. The maximum Gasteiger partial charge on any atom is 0.147 e. The van der Waals surface area contributed by atoms with Crippen LogP contribution in [0.25, 0.3) is 0 Å². The molecular formula is C17H21F2N5. The number of halogens is 2. The fourth-order valence-corrected chi connectivity index (χ4v) is 3.66. The second-order valence-electron chi connectivity index (χ2n) is 6.59. The molecular weight excluding hydrogens is 312 g/mol. The van der Waals surface area contributed by atoms with Crippen LogP contribution in [-0.2, 0) is 19.6 Å². The Labute approximate surface area is 139 Å². The van der Waals surface area contributed by atoms with E-state index < -0.39 is 11.6 Å². The number of rotatable bonds is 3. The van der Waals surface area contributed by atoms with Crippen LogP contribution in [-0.4, -0.2) is 39.3 Å². The zero-order valence-electron chi connectivity index (χ0n) is 13.5. The summed E-state index contributed by atoms with van der Waals surface area (Å²) >= 11 is 0.